The van der Waals surface area contributed by atoms with Crippen molar-refractivity contribution >= 4 is 29.3 Å². The average Bonchev–Trinajstić information content (AvgIpc) is 3.09. The Bertz CT molecular complexity index is 1050. The number of carboxylic acid groups (broad SMARTS) is 1. The molecule has 0 unspecified atom stereocenters. The molecule has 0 spiro atoms. The lowest BCUT2D eigenvalue weighted by atomic mass is 9.96. The molecule has 1 atom stereocenters. The van der Waals surface area contributed by atoms with Crippen molar-refractivity contribution in [3.8, 4) is 5.75 Å². The SMILES string of the molecule is Cl.O=C(O)c1ccc(F)c2c1C[C@@H](NCCCCc1c[nH]c3ccc(F)cc13)CO2. The standard InChI is InChI=1S/C22H22F2N2O3.ClH/c23-14-4-7-20-17(9-14)13(11-26-20)3-1-2-8-25-15-10-18-16(22(27)28)5-6-19(24)21(18)29-12-15;/h4-7,9,11,15,25-26H,1-3,8,10,12H2,(H,27,28);1H/t15-;/m1./s1. The fourth-order valence-corrected chi connectivity index (χ4v) is 3.88. The average molecular weight is 437 g/mol. The number of carbonyl (C=O) groups is 1. The van der Waals surface area contributed by atoms with Gasteiger partial charge in [0.1, 0.15) is 12.4 Å². The van der Waals surface area contributed by atoms with Gasteiger partial charge in [-0.05, 0) is 68.1 Å². The summed E-state index contributed by atoms with van der Waals surface area (Å²) >= 11 is 0. The van der Waals surface area contributed by atoms with Crippen LogP contribution in [0.3, 0.4) is 0 Å². The zero-order valence-electron chi connectivity index (χ0n) is 16.2. The lowest BCUT2D eigenvalue weighted by Gasteiger charge is -2.27. The second-order valence-corrected chi connectivity index (χ2v) is 7.33. The van der Waals surface area contributed by atoms with Crippen molar-refractivity contribution in [1.82, 2.24) is 10.3 Å². The molecule has 3 N–H and O–H groups in total. The highest BCUT2D eigenvalue weighted by molar-refractivity contribution is 5.90. The molecule has 0 amide bonds. The second kappa shape index (κ2) is 9.45. The fraction of sp³-hybridized carbons (Fsp3) is 0.318. The number of nitrogens with one attached hydrogen (secondary N) is 2. The van der Waals surface area contributed by atoms with Gasteiger partial charge in [-0.3, -0.25) is 0 Å². The summed E-state index contributed by atoms with van der Waals surface area (Å²) in [5.41, 5.74) is 2.51. The first-order valence-electron chi connectivity index (χ1n) is 9.69. The van der Waals surface area contributed by atoms with E-state index in [0.717, 1.165) is 48.3 Å². The molecule has 0 saturated carbocycles. The molecular formula is C22H23ClF2N2O3. The summed E-state index contributed by atoms with van der Waals surface area (Å²) < 4.78 is 32.8. The van der Waals surface area contributed by atoms with E-state index in [4.69, 9.17) is 4.74 Å². The van der Waals surface area contributed by atoms with E-state index >= 15 is 0 Å². The summed E-state index contributed by atoms with van der Waals surface area (Å²) in [6.45, 7) is 1.03. The monoisotopic (exact) mass is 436 g/mol. The van der Waals surface area contributed by atoms with Crippen LogP contribution in [0, 0.1) is 11.6 Å². The first kappa shape index (κ1) is 22.1. The van der Waals surface area contributed by atoms with E-state index in [2.05, 4.69) is 10.3 Å². The third kappa shape index (κ3) is 4.57. The van der Waals surface area contributed by atoms with E-state index in [1.165, 1.54) is 12.1 Å². The molecule has 8 heteroatoms. The molecule has 0 radical (unpaired) electrons. The number of rotatable bonds is 7. The third-order valence-corrected chi connectivity index (χ3v) is 5.36. The number of H-pyrrole nitrogens is 1. The fourth-order valence-electron chi connectivity index (χ4n) is 3.88. The number of halogens is 3. The number of aromatic nitrogens is 1. The predicted molar refractivity (Wildman–Crippen MR) is 113 cm³/mol. The number of fused-ring (bicyclic) bond motifs is 2. The molecule has 160 valence electrons. The molecule has 0 aliphatic carbocycles. The molecule has 4 rings (SSSR count). The summed E-state index contributed by atoms with van der Waals surface area (Å²) in [5, 5.41) is 13.6. The van der Waals surface area contributed by atoms with Crippen LogP contribution in [0.5, 0.6) is 5.75 Å². The van der Waals surface area contributed by atoms with Gasteiger partial charge in [-0.2, -0.15) is 0 Å². The molecular weight excluding hydrogens is 414 g/mol. The molecule has 2 aromatic carbocycles. The summed E-state index contributed by atoms with van der Waals surface area (Å²) in [4.78, 5) is 14.6. The van der Waals surface area contributed by atoms with Gasteiger partial charge in [-0.25, -0.2) is 13.6 Å². The number of unbranched alkanes of at least 4 members (excludes halogenated alkanes) is 1. The number of aromatic amines is 1. The van der Waals surface area contributed by atoms with Gasteiger partial charge in [0.05, 0.1) is 5.56 Å². The van der Waals surface area contributed by atoms with Crippen LogP contribution in [-0.4, -0.2) is 35.3 Å². The number of aromatic carboxylic acids is 1. The van der Waals surface area contributed by atoms with Gasteiger partial charge >= 0.3 is 5.97 Å². The van der Waals surface area contributed by atoms with E-state index in [1.807, 2.05) is 6.20 Å². The number of aryl methyl sites for hydroxylation is 1. The Kier molecular flexibility index (Phi) is 6.95. The van der Waals surface area contributed by atoms with Crippen molar-refractivity contribution in [2.45, 2.75) is 31.7 Å². The van der Waals surface area contributed by atoms with Gasteiger partial charge in [0, 0.05) is 28.7 Å². The van der Waals surface area contributed by atoms with Crippen molar-refractivity contribution in [2.75, 3.05) is 13.2 Å². The maximum Gasteiger partial charge on any atom is 0.336 e. The Hall–Kier alpha value is -2.64. The third-order valence-electron chi connectivity index (χ3n) is 5.36. The normalized spacial score (nSPS) is 15.3. The molecule has 5 nitrogen and oxygen atoms in total. The Morgan fingerprint density at radius 2 is 2.07 bits per heavy atom. The minimum Gasteiger partial charge on any atom is -0.489 e. The second-order valence-electron chi connectivity index (χ2n) is 7.33. The number of hydrogen-bond donors (Lipinski definition) is 3. The summed E-state index contributed by atoms with van der Waals surface area (Å²) in [7, 11) is 0. The Labute approximate surface area is 178 Å². The first-order chi connectivity index (χ1) is 14.0. The van der Waals surface area contributed by atoms with Crippen molar-refractivity contribution < 1.29 is 23.4 Å². The smallest absolute Gasteiger partial charge is 0.336 e. The first-order valence-corrected chi connectivity index (χ1v) is 9.69. The van der Waals surface area contributed by atoms with Crippen molar-refractivity contribution in [3.63, 3.8) is 0 Å². The van der Waals surface area contributed by atoms with Crippen LogP contribution in [0.2, 0.25) is 0 Å². The molecule has 30 heavy (non-hydrogen) atoms. The lowest BCUT2D eigenvalue weighted by Crippen LogP contribution is -2.40. The molecule has 0 saturated heterocycles. The van der Waals surface area contributed by atoms with Gasteiger partial charge in [0.2, 0.25) is 0 Å². The van der Waals surface area contributed by atoms with E-state index in [9.17, 15) is 18.7 Å². The van der Waals surface area contributed by atoms with Gasteiger partial charge in [-0.1, -0.05) is 0 Å². The maximum absolute atomic E-state index is 13.9. The predicted octanol–water partition coefficient (Wildman–Crippen LogP) is 4.48. The Balaban J connectivity index is 0.00000256. The van der Waals surface area contributed by atoms with Crippen LogP contribution in [0.1, 0.15) is 34.3 Å². The highest BCUT2D eigenvalue weighted by atomic mass is 35.5. The number of hydrogen-bond acceptors (Lipinski definition) is 3. The van der Waals surface area contributed by atoms with Gasteiger partial charge in [0.15, 0.2) is 11.6 Å². The summed E-state index contributed by atoms with van der Waals surface area (Å²) in [5.74, 6) is -1.80. The Morgan fingerprint density at radius 3 is 2.87 bits per heavy atom. The highest BCUT2D eigenvalue weighted by Crippen LogP contribution is 2.31. The highest BCUT2D eigenvalue weighted by Gasteiger charge is 2.27. The number of benzene rings is 2. The van der Waals surface area contributed by atoms with Crippen LogP contribution in [0.15, 0.2) is 36.5 Å². The lowest BCUT2D eigenvalue weighted by molar-refractivity contribution is 0.0693. The molecule has 0 fully saturated rings. The number of carboxylic acids is 1. The molecule has 1 aromatic heterocycles. The largest absolute Gasteiger partial charge is 0.489 e. The van der Waals surface area contributed by atoms with Crippen molar-refractivity contribution in [1.29, 1.82) is 0 Å². The van der Waals surface area contributed by atoms with Gasteiger partial charge in [-0.15, -0.1) is 12.4 Å². The van der Waals surface area contributed by atoms with Crippen LogP contribution < -0.4 is 10.1 Å². The summed E-state index contributed by atoms with van der Waals surface area (Å²) in [6, 6.07) is 7.09. The summed E-state index contributed by atoms with van der Waals surface area (Å²) in [6.07, 6.45) is 5.00. The van der Waals surface area contributed by atoms with Crippen LogP contribution in [0.25, 0.3) is 10.9 Å². The quantitative estimate of drug-likeness (QED) is 0.477. The molecule has 1 aliphatic rings. The van der Waals surface area contributed by atoms with Crippen LogP contribution >= 0.6 is 12.4 Å². The van der Waals surface area contributed by atoms with Gasteiger partial charge in [0.25, 0.3) is 0 Å². The molecule has 1 aliphatic heterocycles. The molecule has 0 bridgehead atoms. The molecule has 3 aromatic rings. The zero-order valence-corrected chi connectivity index (χ0v) is 17.0. The maximum atomic E-state index is 13.9. The topological polar surface area (TPSA) is 74.4 Å². The van der Waals surface area contributed by atoms with Crippen molar-refractivity contribution in [3.05, 3.63) is 64.9 Å². The Morgan fingerprint density at radius 1 is 1.23 bits per heavy atom. The van der Waals surface area contributed by atoms with E-state index in [1.54, 1.807) is 12.1 Å². The van der Waals surface area contributed by atoms with E-state index in [-0.39, 0.29) is 35.6 Å². The minimum atomic E-state index is -1.08. The van der Waals surface area contributed by atoms with Gasteiger partial charge < -0.3 is 20.1 Å². The molecule has 2 heterocycles. The van der Waals surface area contributed by atoms with E-state index in [0.29, 0.717) is 18.6 Å². The van der Waals surface area contributed by atoms with Crippen molar-refractivity contribution in [2.24, 2.45) is 0 Å². The zero-order chi connectivity index (χ0) is 20.4. The number of ether oxygens (including phenoxy) is 1. The van der Waals surface area contributed by atoms with Crippen LogP contribution in [-0.2, 0) is 12.8 Å². The van der Waals surface area contributed by atoms with E-state index < -0.39 is 11.8 Å². The minimum absolute atomic E-state index is 0. The van der Waals surface area contributed by atoms with Crippen LogP contribution in [0.4, 0.5) is 8.78 Å².